The number of pyridine rings is 1. The molecule has 0 radical (unpaired) electrons. The monoisotopic (exact) mass is 270 g/mol. The van der Waals surface area contributed by atoms with Crippen LogP contribution in [-0.2, 0) is 0 Å². The zero-order chi connectivity index (χ0) is 14.4. The molecule has 1 N–H and O–H groups in total. The van der Waals surface area contributed by atoms with Crippen LogP contribution in [0, 0.1) is 10.1 Å². The molecule has 1 heterocycles. The fourth-order valence-corrected chi connectivity index (χ4v) is 2.24. The normalized spacial score (nSPS) is 11.9. The number of carboxylic acids is 1. The van der Waals surface area contributed by atoms with E-state index in [1.165, 1.54) is 6.20 Å². The molecule has 2 aromatic rings. The summed E-state index contributed by atoms with van der Waals surface area (Å²) in [5.74, 6) is -1.82. The van der Waals surface area contributed by atoms with E-state index in [1.54, 1.807) is 12.1 Å². The molecule has 3 rings (SSSR count). The molecule has 0 amide bonds. The fraction of sp³-hybridized carbons (Fsp3) is 0. The maximum Gasteiger partial charge on any atom is 0.342 e. The van der Waals surface area contributed by atoms with E-state index in [-0.39, 0.29) is 11.3 Å². The van der Waals surface area contributed by atoms with Crippen molar-refractivity contribution in [2.75, 3.05) is 0 Å². The number of hydrogen-bond acceptors (Lipinski definition) is 5. The zero-order valence-corrected chi connectivity index (χ0v) is 9.86. The van der Waals surface area contributed by atoms with Crippen molar-refractivity contribution in [3.05, 3.63) is 57.3 Å². The van der Waals surface area contributed by atoms with Gasteiger partial charge in [-0.3, -0.25) is 19.9 Å². The Hall–Kier alpha value is -3.09. The van der Waals surface area contributed by atoms with E-state index in [9.17, 15) is 19.7 Å². The largest absolute Gasteiger partial charge is 0.477 e. The minimum atomic E-state index is -1.45. The summed E-state index contributed by atoms with van der Waals surface area (Å²) in [4.78, 5) is 37.4. The molecular weight excluding hydrogens is 264 g/mol. The second kappa shape index (κ2) is 3.95. The predicted octanol–water partition coefficient (Wildman–Crippen LogP) is 1.90. The van der Waals surface area contributed by atoms with Gasteiger partial charge in [-0.15, -0.1) is 0 Å². The van der Waals surface area contributed by atoms with E-state index in [2.05, 4.69) is 4.98 Å². The van der Waals surface area contributed by atoms with Crippen molar-refractivity contribution >= 4 is 17.4 Å². The first-order valence-electron chi connectivity index (χ1n) is 5.56. The minimum Gasteiger partial charge on any atom is -0.477 e. The van der Waals surface area contributed by atoms with Crippen molar-refractivity contribution in [3.8, 4) is 11.3 Å². The third-order valence-electron chi connectivity index (χ3n) is 3.12. The lowest BCUT2D eigenvalue weighted by Crippen LogP contribution is -2.05. The standard InChI is InChI=1S/C13H6N2O5/c16-12-6-2-1-3-14-11(6)7-5-10(15(19)20)9(13(17)18)4-8(7)12/h1-5H,(H,17,18). The highest BCUT2D eigenvalue weighted by Gasteiger charge is 2.33. The van der Waals surface area contributed by atoms with Crippen LogP contribution in [-0.4, -0.2) is 26.8 Å². The summed E-state index contributed by atoms with van der Waals surface area (Å²) in [6.07, 6.45) is 1.47. The summed E-state index contributed by atoms with van der Waals surface area (Å²) >= 11 is 0. The highest BCUT2D eigenvalue weighted by Crippen LogP contribution is 2.38. The molecule has 0 spiro atoms. The smallest absolute Gasteiger partial charge is 0.342 e. The molecule has 1 aromatic heterocycles. The SMILES string of the molecule is O=C(O)c1cc2c(cc1[N+](=O)[O-])-c1ncccc1C2=O. The summed E-state index contributed by atoms with van der Waals surface area (Å²) in [6, 6.07) is 5.27. The highest BCUT2D eigenvalue weighted by molar-refractivity contribution is 6.22. The van der Waals surface area contributed by atoms with Gasteiger partial charge in [0.05, 0.1) is 10.6 Å². The number of ketones is 1. The van der Waals surface area contributed by atoms with Gasteiger partial charge < -0.3 is 5.11 Å². The van der Waals surface area contributed by atoms with Crippen molar-refractivity contribution in [1.82, 2.24) is 4.98 Å². The number of carbonyl (C=O) groups is 2. The van der Waals surface area contributed by atoms with Crippen LogP contribution in [0.2, 0.25) is 0 Å². The molecule has 0 unspecified atom stereocenters. The van der Waals surface area contributed by atoms with E-state index < -0.39 is 22.1 Å². The minimum absolute atomic E-state index is 0.127. The van der Waals surface area contributed by atoms with Gasteiger partial charge in [0, 0.05) is 29.0 Å². The molecule has 0 bridgehead atoms. The summed E-state index contributed by atoms with van der Waals surface area (Å²) in [5, 5.41) is 20.0. The molecule has 98 valence electrons. The van der Waals surface area contributed by atoms with Gasteiger partial charge in [-0.05, 0) is 18.2 Å². The summed E-state index contributed by atoms with van der Waals surface area (Å²) in [7, 11) is 0. The van der Waals surface area contributed by atoms with Gasteiger partial charge in [0.1, 0.15) is 5.56 Å². The van der Waals surface area contributed by atoms with E-state index in [1.807, 2.05) is 0 Å². The molecule has 1 aliphatic rings. The van der Waals surface area contributed by atoms with Crippen LogP contribution in [0.3, 0.4) is 0 Å². The number of rotatable bonds is 2. The van der Waals surface area contributed by atoms with Crippen molar-refractivity contribution in [1.29, 1.82) is 0 Å². The quantitative estimate of drug-likeness (QED) is 0.562. The molecule has 7 nitrogen and oxygen atoms in total. The summed E-state index contributed by atoms with van der Waals surface area (Å²) in [6.45, 7) is 0. The molecule has 20 heavy (non-hydrogen) atoms. The lowest BCUT2D eigenvalue weighted by Gasteiger charge is -2.02. The van der Waals surface area contributed by atoms with Crippen molar-refractivity contribution in [3.63, 3.8) is 0 Å². The lowest BCUT2D eigenvalue weighted by molar-refractivity contribution is -0.385. The van der Waals surface area contributed by atoms with Crippen LogP contribution >= 0.6 is 0 Å². The van der Waals surface area contributed by atoms with Gasteiger partial charge in [-0.25, -0.2) is 4.79 Å². The molecule has 7 heteroatoms. The van der Waals surface area contributed by atoms with E-state index in [0.29, 0.717) is 16.8 Å². The Morgan fingerprint density at radius 2 is 2.00 bits per heavy atom. The molecule has 0 atom stereocenters. The molecule has 0 saturated carbocycles. The molecule has 0 fully saturated rings. The Kier molecular flexibility index (Phi) is 2.37. The first-order chi connectivity index (χ1) is 9.50. The van der Waals surface area contributed by atoms with Gasteiger partial charge >= 0.3 is 5.97 Å². The van der Waals surface area contributed by atoms with Crippen LogP contribution in [0.5, 0.6) is 0 Å². The molecular formula is C13H6N2O5. The van der Waals surface area contributed by atoms with Crippen molar-refractivity contribution in [2.45, 2.75) is 0 Å². The Bertz CT molecular complexity index is 797. The first-order valence-corrected chi connectivity index (χ1v) is 5.56. The maximum atomic E-state index is 12.1. The topological polar surface area (TPSA) is 110 Å². The second-order valence-corrected chi connectivity index (χ2v) is 4.21. The van der Waals surface area contributed by atoms with E-state index in [0.717, 1.165) is 12.1 Å². The third kappa shape index (κ3) is 1.50. The molecule has 0 saturated heterocycles. The number of aromatic nitrogens is 1. The van der Waals surface area contributed by atoms with Crippen LogP contribution in [0.1, 0.15) is 26.3 Å². The maximum absolute atomic E-state index is 12.1. The number of nitro benzene ring substituents is 1. The number of aromatic carboxylic acids is 1. The fourth-order valence-electron chi connectivity index (χ4n) is 2.24. The number of hydrogen-bond donors (Lipinski definition) is 1. The number of nitrogens with zero attached hydrogens (tertiary/aromatic N) is 2. The Labute approximate surface area is 111 Å². The van der Waals surface area contributed by atoms with Gasteiger partial charge in [-0.1, -0.05) is 0 Å². The molecule has 1 aliphatic carbocycles. The zero-order valence-electron chi connectivity index (χ0n) is 9.86. The second-order valence-electron chi connectivity index (χ2n) is 4.21. The number of nitro groups is 1. The predicted molar refractivity (Wildman–Crippen MR) is 66.7 cm³/mol. The number of carboxylic acid groups (broad SMARTS) is 1. The Morgan fingerprint density at radius 3 is 2.65 bits per heavy atom. The highest BCUT2D eigenvalue weighted by atomic mass is 16.6. The lowest BCUT2D eigenvalue weighted by atomic mass is 10.0. The van der Waals surface area contributed by atoms with Crippen LogP contribution in [0.4, 0.5) is 5.69 Å². The number of carbonyl (C=O) groups excluding carboxylic acids is 1. The Balaban J connectivity index is 2.36. The van der Waals surface area contributed by atoms with Crippen molar-refractivity contribution in [2.24, 2.45) is 0 Å². The van der Waals surface area contributed by atoms with Gasteiger partial charge in [0.25, 0.3) is 5.69 Å². The summed E-state index contributed by atoms with van der Waals surface area (Å²) < 4.78 is 0. The van der Waals surface area contributed by atoms with Crippen LogP contribution in [0.25, 0.3) is 11.3 Å². The van der Waals surface area contributed by atoms with E-state index in [4.69, 9.17) is 5.11 Å². The average Bonchev–Trinajstić information content (AvgIpc) is 2.71. The average molecular weight is 270 g/mol. The summed E-state index contributed by atoms with van der Waals surface area (Å²) in [5.41, 5.74) is 0.0216. The van der Waals surface area contributed by atoms with Gasteiger partial charge in [0.15, 0.2) is 5.78 Å². The first kappa shape index (κ1) is 12.0. The Morgan fingerprint density at radius 1 is 1.25 bits per heavy atom. The number of benzene rings is 1. The molecule has 1 aromatic carbocycles. The van der Waals surface area contributed by atoms with Crippen LogP contribution < -0.4 is 0 Å². The number of fused-ring (bicyclic) bond motifs is 3. The van der Waals surface area contributed by atoms with Gasteiger partial charge in [0.2, 0.25) is 0 Å². The van der Waals surface area contributed by atoms with E-state index >= 15 is 0 Å². The molecule has 0 aliphatic heterocycles. The van der Waals surface area contributed by atoms with Crippen LogP contribution in [0.15, 0.2) is 30.5 Å². The third-order valence-corrected chi connectivity index (χ3v) is 3.12. The van der Waals surface area contributed by atoms with Crippen molar-refractivity contribution < 1.29 is 19.6 Å². The van der Waals surface area contributed by atoms with Gasteiger partial charge in [-0.2, -0.15) is 0 Å².